The van der Waals surface area contributed by atoms with Crippen molar-refractivity contribution in [1.29, 1.82) is 0 Å². The first kappa shape index (κ1) is 15.7. The van der Waals surface area contributed by atoms with E-state index in [1.807, 2.05) is 29.3 Å². The molecule has 3 heterocycles. The number of aromatic nitrogens is 3. The van der Waals surface area contributed by atoms with Gasteiger partial charge in [-0.3, -0.25) is 14.5 Å². The van der Waals surface area contributed by atoms with E-state index in [4.69, 9.17) is 5.11 Å². The third-order valence-corrected chi connectivity index (χ3v) is 4.26. The van der Waals surface area contributed by atoms with Crippen LogP contribution in [0.3, 0.4) is 0 Å². The van der Waals surface area contributed by atoms with Crippen LogP contribution < -0.4 is 0 Å². The number of likely N-dealkylation sites (tertiary alicyclic amines) is 1. The molecule has 2 aromatic rings. The van der Waals surface area contributed by atoms with Crippen molar-refractivity contribution in [3.63, 3.8) is 0 Å². The normalized spacial score (nSPS) is 18.1. The van der Waals surface area contributed by atoms with Crippen LogP contribution in [0.25, 0.3) is 0 Å². The Labute approximate surface area is 135 Å². The molecule has 0 saturated carbocycles. The molecular weight excluding hydrogens is 292 g/mol. The third-order valence-electron chi connectivity index (χ3n) is 4.26. The summed E-state index contributed by atoms with van der Waals surface area (Å²) in [4.78, 5) is 18.5. The molecule has 6 nitrogen and oxygen atoms in total. The Morgan fingerprint density at radius 1 is 1.39 bits per heavy atom. The van der Waals surface area contributed by atoms with E-state index >= 15 is 0 Å². The van der Waals surface area contributed by atoms with E-state index in [0.717, 1.165) is 37.2 Å². The SMILES string of the molecule is O=C(Cc1cccnc1)N1CCC[C@@H](c2ccn(CCO)n2)C1. The van der Waals surface area contributed by atoms with E-state index in [9.17, 15) is 4.79 Å². The molecule has 0 aliphatic carbocycles. The zero-order chi connectivity index (χ0) is 16.1. The van der Waals surface area contributed by atoms with Gasteiger partial charge in [0.2, 0.25) is 5.91 Å². The van der Waals surface area contributed by atoms with Gasteiger partial charge in [-0.05, 0) is 30.5 Å². The van der Waals surface area contributed by atoms with E-state index < -0.39 is 0 Å². The zero-order valence-corrected chi connectivity index (χ0v) is 13.1. The molecule has 0 radical (unpaired) electrons. The minimum atomic E-state index is 0.0848. The van der Waals surface area contributed by atoms with Crippen LogP contribution in [0, 0.1) is 0 Å². The first-order valence-electron chi connectivity index (χ1n) is 8.07. The summed E-state index contributed by atoms with van der Waals surface area (Å²) in [5.74, 6) is 0.430. The molecule has 1 fully saturated rings. The van der Waals surface area contributed by atoms with Gasteiger partial charge in [0.05, 0.1) is 25.3 Å². The molecule has 122 valence electrons. The van der Waals surface area contributed by atoms with Gasteiger partial charge in [0, 0.05) is 37.6 Å². The summed E-state index contributed by atoms with van der Waals surface area (Å²) in [7, 11) is 0. The van der Waals surface area contributed by atoms with Gasteiger partial charge in [-0.2, -0.15) is 5.10 Å². The Balaban J connectivity index is 1.62. The lowest BCUT2D eigenvalue weighted by atomic mass is 9.94. The lowest BCUT2D eigenvalue weighted by molar-refractivity contribution is -0.131. The van der Waals surface area contributed by atoms with E-state index in [2.05, 4.69) is 10.1 Å². The quantitative estimate of drug-likeness (QED) is 0.901. The molecule has 23 heavy (non-hydrogen) atoms. The molecule has 3 rings (SSSR count). The van der Waals surface area contributed by atoms with Crippen molar-refractivity contribution in [2.45, 2.75) is 31.7 Å². The third kappa shape index (κ3) is 3.96. The summed E-state index contributed by atoms with van der Waals surface area (Å²) in [6.07, 6.45) is 7.80. The minimum Gasteiger partial charge on any atom is -0.394 e. The molecule has 2 aromatic heterocycles. The van der Waals surface area contributed by atoms with Gasteiger partial charge in [-0.1, -0.05) is 6.07 Å². The Morgan fingerprint density at radius 3 is 3.09 bits per heavy atom. The van der Waals surface area contributed by atoms with Crippen molar-refractivity contribution in [1.82, 2.24) is 19.7 Å². The second-order valence-corrected chi connectivity index (χ2v) is 5.94. The molecule has 1 aliphatic heterocycles. The van der Waals surface area contributed by atoms with Crippen LogP contribution in [0.2, 0.25) is 0 Å². The zero-order valence-electron chi connectivity index (χ0n) is 13.1. The first-order valence-corrected chi connectivity index (χ1v) is 8.07. The number of piperidine rings is 1. The lowest BCUT2D eigenvalue weighted by Gasteiger charge is -2.32. The molecule has 1 saturated heterocycles. The molecule has 1 amide bonds. The number of aliphatic hydroxyl groups excluding tert-OH is 1. The molecule has 1 aliphatic rings. The van der Waals surface area contributed by atoms with Crippen LogP contribution in [0.4, 0.5) is 0 Å². The minimum absolute atomic E-state index is 0.0848. The fraction of sp³-hybridized carbons (Fsp3) is 0.471. The van der Waals surface area contributed by atoms with Gasteiger partial charge < -0.3 is 10.0 Å². The molecule has 1 N–H and O–H groups in total. The van der Waals surface area contributed by atoms with Crippen molar-refractivity contribution in [2.24, 2.45) is 0 Å². The second kappa shape index (κ2) is 7.37. The topological polar surface area (TPSA) is 71.2 Å². The van der Waals surface area contributed by atoms with E-state index in [1.165, 1.54) is 0 Å². The number of carbonyl (C=O) groups is 1. The maximum Gasteiger partial charge on any atom is 0.227 e. The predicted molar refractivity (Wildman–Crippen MR) is 85.8 cm³/mol. The number of nitrogens with zero attached hydrogens (tertiary/aromatic N) is 4. The standard InChI is InChI=1S/C17H22N4O2/c22-10-9-21-8-5-16(19-21)15-4-2-7-20(13-15)17(23)11-14-3-1-6-18-12-14/h1,3,5-6,8,12,15,22H,2,4,7,9-11,13H2/t15-/m1/s1. The maximum atomic E-state index is 12.5. The summed E-state index contributed by atoms with van der Waals surface area (Å²) in [5, 5.41) is 13.5. The Kier molecular flexibility index (Phi) is 5.02. The molecule has 1 atom stereocenters. The number of pyridine rings is 1. The molecular formula is C17H22N4O2. The van der Waals surface area contributed by atoms with Crippen LogP contribution in [0.5, 0.6) is 0 Å². The molecule has 0 unspecified atom stereocenters. The molecule has 0 bridgehead atoms. The van der Waals surface area contributed by atoms with Crippen molar-refractivity contribution in [3.05, 3.63) is 48.0 Å². The highest BCUT2D eigenvalue weighted by Crippen LogP contribution is 2.26. The van der Waals surface area contributed by atoms with Gasteiger partial charge in [-0.25, -0.2) is 0 Å². The highest BCUT2D eigenvalue weighted by atomic mass is 16.3. The summed E-state index contributed by atoms with van der Waals surface area (Å²) < 4.78 is 1.76. The van der Waals surface area contributed by atoms with Crippen molar-refractivity contribution < 1.29 is 9.90 Å². The van der Waals surface area contributed by atoms with E-state index in [-0.39, 0.29) is 18.4 Å². The fourth-order valence-electron chi connectivity index (χ4n) is 3.06. The summed E-state index contributed by atoms with van der Waals surface area (Å²) in [6, 6.07) is 5.79. The number of hydrogen-bond acceptors (Lipinski definition) is 4. The average molecular weight is 314 g/mol. The summed E-state index contributed by atoms with van der Waals surface area (Å²) >= 11 is 0. The summed E-state index contributed by atoms with van der Waals surface area (Å²) in [6.45, 7) is 2.13. The highest BCUT2D eigenvalue weighted by Gasteiger charge is 2.26. The molecule has 0 spiro atoms. The summed E-state index contributed by atoms with van der Waals surface area (Å²) in [5.41, 5.74) is 1.96. The Morgan fingerprint density at radius 2 is 2.30 bits per heavy atom. The smallest absolute Gasteiger partial charge is 0.227 e. The number of amides is 1. The first-order chi connectivity index (χ1) is 11.3. The molecule has 6 heteroatoms. The van der Waals surface area contributed by atoms with Crippen molar-refractivity contribution >= 4 is 5.91 Å². The fourth-order valence-corrected chi connectivity index (χ4v) is 3.06. The number of aliphatic hydroxyl groups is 1. The van der Waals surface area contributed by atoms with E-state index in [0.29, 0.717) is 13.0 Å². The van der Waals surface area contributed by atoms with E-state index in [1.54, 1.807) is 17.1 Å². The highest BCUT2D eigenvalue weighted by molar-refractivity contribution is 5.78. The van der Waals surface area contributed by atoms with Crippen LogP contribution in [-0.2, 0) is 17.8 Å². The van der Waals surface area contributed by atoms with Gasteiger partial charge in [0.1, 0.15) is 0 Å². The van der Waals surface area contributed by atoms with Gasteiger partial charge in [0.15, 0.2) is 0 Å². The Hall–Kier alpha value is -2.21. The lowest BCUT2D eigenvalue weighted by Crippen LogP contribution is -2.40. The van der Waals surface area contributed by atoms with Gasteiger partial charge >= 0.3 is 0 Å². The maximum absolute atomic E-state index is 12.5. The predicted octanol–water partition coefficient (Wildman–Crippen LogP) is 1.22. The second-order valence-electron chi connectivity index (χ2n) is 5.94. The monoisotopic (exact) mass is 314 g/mol. The largest absolute Gasteiger partial charge is 0.394 e. The van der Waals surface area contributed by atoms with Crippen molar-refractivity contribution in [3.8, 4) is 0 Å². The molecule has 0 aromatic carbocycles. The van der Waals surface area contributed by atoms with Gasteiger partial charge in [-0.15, -0.1) is 0 Å². The number of rotatable bonds is 5. The van der Waals surface area contributed by atoms with Gasteiger partial charge in [0.25, 0.3) is 0 Å². The van der Waals surface area contributed by atoms with Crippen LogP contribution in [0.1, 0.15) is 30.0 Å². The van der Waals surface area contributed by atoms with Crippen LogP contribution >= 0.6 is 0 Å². The van der Waals surface area contributed by atoms with Crippen LogP contribution in [0.15, 0.2) is 36.8 Å². The average Bonchev–Trinajstić information content (AvgIpc) is 3.05. The number of carbonyl (C=O) groups excluding carboxylic acids is 1. The van der Waals surface area contributed by atoms with Crippen LogP contribution in [-0.4, -0.2) is 50.4 Å². The number of hydrogen-bond donors (Lipinski definition) is 1. The Bertz CT molecular complexity index is 641. The van der Waals surface area contributed by atoms with Crippen molar-refractivity contribution in [2.75, 3.05) is 19.7 Å².